The summed E-state index contributed by atoms with van der Waals surface area (Å²) in [6, 6.07) is 11.5. The Balaban J connectivity index is 2.13. The lowest BCUT2D eigenvalue weighted by molar-refractivity contribution is -0.384. The molecule has 144 valence electrons. The zero-order chi connectivity index (χ0) is 20.4. The van der Waals surface area contributed by atoms with Crippen LogP contribution in [0.1, 0.15) is 24.1 Å². The zero-order valence-corrected chi connectivity index (χ0v) is 15.3. The fraction of sp³-hybridized carbons (Fsp3) is 0.200. The summed E-state index contributed by atoms with van der Waals surface area (Å²) in [6.45, 7) is 3.58. The van der Waals surface area contributed by atoms with E-state index in [4.69, 9.17) is 4.74 Å². The molecule has 2 aromatic carbocycles. The molecule has 1 atom stereocenters. The second kappa shape index (κ2) is 7.51. The first-order chi connectivity index (χ1) is 13.3. The Labute approximate surface area is 160 Å². The number of carbonyl (C=O) groups is 2. The van der Waals surface area contributed by atoms with Crippen LogP contribution in [0.2, 0.25) is 0 Å². The summed E-state index contributed by atoms with van der Waals surface area (Å²) in [5, 5.41) is 21.3. The summed E-state index contributed by atoms with van der Waals surface area (Å²) in [5.74, 6) is -2.25. The molecule has 1 amide bonds. The maximum atomic E-state index is 12.8. The van der Waals surface area contributed by atoms with Crippen LogP contribution < -0.4 is 4.90 Å². The highest BCUT2D eigenvalue weighted by Crippen LogP contribution is 2.41. The van der Waals surface area contributed by atoms with Crippen molar-refractivity contribution in [1.29, 1.82) is 0 Å². The number of aryl methyl sites for hydroxylation is 1. The van der Waals surface area contributed by atoms with Gasteiger partial charge in [0.05, 0.1) is 17.6 Å². The lowest BCUT2D eigenvalue weighted by atomic mass is 9.98. The maximum absolute atomic E-state index is 12.8. The second-order valence-corrected chi connectivity index (χ2v) is 6.24. The molecule has 0 bridgehead atoms. The van der Waals surface area contributed by atoms with Crippen LogP contribution in [-0.2, 0) is 14.3 Å². The van der Waals surface area contributed by atoms with E-state index < -0.39 is 28.6 Å². The normalized spacial score (nSPS) is 16.4. The smallest absolute Gasteiger partial charge is 0.340 e. The summed E-state index contributed by atoms with van der Waals surface area (Å²) < 4.78 is 5.02. The van der Waals surface area contributed by atoms with Crippen LogP contribution in [0.25, 0.3) is 0 Å². The van der Waals surface area contributed by atoms with E-state index in [1.807, 2.05) is 6.92 Å². The van der Waals surface area contributed by atoms with Crippen molar-refractivity contribution in [3.63, 3.8) is 0 Å². The Morgan fingerprint density at radius 3 is 2.32 bits per heavy atom. The zero-order valence-electron chi connectivity index (χ0n) is 15.3. The van der Waals surface area contributed by atoms with Gasteiger partial charge in [-0.15, -0.1) is 0 Å². The molecule has 8 nitrogen and oxygen atoms in total. The van der Waals surface area contributed by atoms with E-state index in [1.54, 1.807) is 31.2 Å². The average molecular weight is 382 g/mol. The first-order valence-electron chi connectivity index (χ1n) is 8.60. The van der Waals surface area contributed by atoms with Crippen molar-refractivity contribution in [2.24, 2.45) is 0 Å². The monoisotopic (exact) mass is 382 g/mol. The highest BCUT2D eigenvalue weighted by Gasteiger charge is 2.45. The topological polar surface area (TPSA) is 110 Å². The molecule has 0 aromatic heterocycles. The van der Waals surface area contributed by atoms with Gasteiger partial charge in [0.15, 0.2) is 5.76 Å². The summed E-state index contributed by atoms with van der Waals surface area (Å²) in [7, 11) is 0. The summed E-state index contributed by atoms with van der Waals surface area (Å²) >= 11 is 0. The van der Waals surface area contributed by atoms with E-state index in [0.29, 0.717) is 11.3 Å². The van der Waals surface area contributed by atoms with Crippen molar-refractivity contribution in [2.75, 3.05) is 11.5 Å². The molecule has 0 spiro atoms. The van der Waals surface area contributed by atoms with Crippen LogP contribution in [0.15, 0.2) is 59.9 Å². The largest absolute Gasteiger partial charge is 0.503 e. The van der Waals surface area contributed by atoms with E-state index in [0.717, 1.165) is 5.56 Å². The van der Waals surface area contributed by atoms with Gasteiger partial charge < -0.3 is 9.84 Å². The van der Waals surface area contributed by atoms with Crippen LogP contribution >= 0.6 is 0 Å². The Kier molecular flexibility index (Phi) is 5.12. The molecule has 8 heteroatoms. The minimum absolute atomic E-state index is 0.0708. The van der Waals surface area contributed by atoms with Crippen molar-refractivity contribution >= 4 is 23.3 Å². The number of non-ortho nitro benzene ring substituents is 1. The van der Waals surface area contributed by atoms with Gasteiger partial charge in [-0.3, -0.25) is 19.8 Å². The van der Waals surface area contributed by atoms with Gasteiger partial charge in [0, 0.05) is 17.8 Å². The number of aliphatic hydroxyl groups excluding tert-OH is 1. The number of anilines is 1. The number of carbonyl (C=O) groups excluding carboxylic acids is 2. The van der Waals surface area contributed by atoms with E-state index in [2.05, 4.69) is 0 Å². The molecule has 3 rings (SSSR count). The average Bonchev–Trinajstić information content (AvgIpc) is 2.94. The lowest BCUT2D eigenvalue weighted by Gasteiger charge is -2.26. The summed E-state index contributed by atoms with van der Waals surface area (Å²) in [5.41, 5.74) is 1.57. The van der Waals surface area contributed by atoms with Crippen molar-refractivity contribution < 1.29 is 24.4 Å². The number of nitro benzene ring substituents is 1. The van der Waals surface area contributed by atoms with Crippen LogP contribution in [0.4, 0.5) is 11.4 Å². The number of amides is 1. The van der Waals surface area contributed by atoms with Crippen molar-refractivity contribution in [3.05, 3.63) is 81.1 Å². The number of esters is 1. The molecule has 0 radical (unpaired) electrons. The first kappa shape index (κ1) is 19.1. The molecule has 0 aliphatic carbocycles. The molecule has 1 unspecified atom stereocenters. The van der Waals surface area contributed by atoms with E-state index in [9.17, 15) is 24.8 Å². The third-order valence-corrected chi connectivity index (χ3v) is 4.44. The number of rotatable bonds is 5. The van der Waals surface area contributed by atoms with Crippen LogP contribution in [0.3, 0.4) is 0 Å². The molecular formula is C20H18N2O6. The Bertz CT molecular complexity index is 963. The molecular weight excluding hydrogens is 364 g/mol. The molecule has 1 aliphatic heterocycles. The van der Waals surface area contributed by atoms with Gasteiger partial charge in [0.25, 0.3) is 11.6 Å². The Hall–Kier alpha value is -3.68. The summed E-state index contributed by atoms with van der Waals surface area (Å²) in [4.78, 5) is 36.9. The highest BCUT2D eigenvalue weighted by atomic mass is 16.6. The van der Waals surface area contributed by atoms with E-state index >= 15 is 0 Å². The maximum Gasteiger partial charge on any atom is 0.340 e. The number of benzene rings is 2. The van der Waals surface area contributed by atoms with Crippen LogP contribution in [0.5, 0.6) is 0 Å². The predicted octanol–water partition coefficient (Wildman–Crippen LogP) is 3.37. The number of aliphatic hydroxyl groups is 1. The third kappa shape index (κ3) is 3.32. The third-order valence-electron chi connectivity index (χ3n) is 4.44. The molecule has 0 fully saturated rings. The minimum atomic E-state index is -0.963. The highest BCUT2D eigenvalue weighted by molar-refractivity contribution is 6.15. The van der Waals surface area contributed by atoms with Gasteiger partial charge in [-0.1, -0.05) is 17.7 Å². The molecule has 1 aliphatic rings. The molecule has 1 N–H and O–H groups in total. The molecule has 2 aromatic rings. The molecule has 28 heavy (non-hydrogen) atoms. The van der Waals surface area contributed by atoms with Crippen molar-refractivity contribution in [2.45, 2.75) is 19.9 Å². The fourth-order valence-electron chi connectivity index (χ4n) is 3.09. The quantitative estimate of drug-likeness (QED) is 0.482. The molecule has 1 heterocycles. The van der Waals surface area contributed by atoms with Crippen LogP contribution in [-0.4, -0.2) is 28.5 Å². The fourth-order valence-corrected chi connectivity index (χ4v) is 3.09. The number of nitro groups is 1. The van der Waals surface area contributed by atoms with E-state index in [-0.39, 0.29) is 17.9 Å². The molecule has 0 saturated heterocycles. The number of nitrogens with zero attached hydrogens (tertiary/aromatic N) is 2. The first-order valence-corrected chi connectivity index (χ1v) is 8.60. The van der Waals surface area contributed by atoms with Gasteiger partial charge in [-0.2, -0.15) is 0 Å². The SMILES string of the molecule is CCOC(=O)C1=C(O)C(=O)N(c2ccc(C)cc2)C1c1ccc([N+](=O)[O-])cc1. The van der Waals surface area contributed by atoms with Gasteiger partial charge in [-0.25, -0.2) is 4.79 Å². The lowest BCUT2D eigenvalue weighted by Crippen LogP contribution is -2.31. The Morgan fingerprint density at radius 1 is 1.18 bits per heavy atom. The standard InChI is InChI=1S/C20H18N2O6/c1-3-28-20(25)16-17(13-6-10-15(11-7-13)22(26)27)21(19(24)18(16)23)14-8-4-12(2)5-9-14/h4-11,17,23H,3H2,1-2H3. The second-order valence-electron chi connectivity index (χ2n) is 6.24. The minimum Gasteiger partial charge on any atom is -0.503 e. The van der Waals surface area contributed by atoms with Gasteiger partial charge >= 0.3 is 5.97 Å². The van der Waals surface area contributed by atoms with Gasteiger partial charge in [0.2, 0.25) is 0 Å². The number of hydrogen-bond acceptors (Lipinski definition) is 6. The van der Waals surface area contributed by atoms with Crippen LogP contribution in [0, 0.1) is 17.0 Å². The summed E-state index contributed by atoms with van der Waals surface area (Å²) in [6.07, 6.45) is 0. The predicted molar refractivity (Wildman–Crippen MR) is 101 cm³/mol. The van der Waals surface area contributed by atoms with Gasteiger partial charge in [0.1, 0.15) is 5.57 Å². The van der Waals surface area contributed by atoms with Crippen molar-refractivity contribution in [1.82, 2.24) is 0 Å². The number of ether oxygens (including phenoxy) is 1. The Morgan fingerprint density at radius 2 is 1.79 bits per heavy atom. The van der Waals surface area contributed by atoms with E-state index in [1.165, 1.54) is 29.2 Å². The molecule has 0 saturated carbocycles. The van der Waals surface area contributed by atoms with Crippen molar-refractivity contribution in [3.8, 4) is 0 Å². The van der Waals surface area contributed by atoms with Gasteiger partial charge in [-0.05, 0) is 43.7 Å². The number of hydrogen-bond donors (Lipinski definition) is 1.